The van der Waals surface area contributed by atoms with Gasteiger partial charge in [0, 0.05) is 5.56 Å². The molecule has 4 heteroatoms. The molecule has 0 aliphatic rings. The number of hydrogen-bond donors (Lipinski definition) is 2. The minimum Gasteiger partial charge on any atom is -0.368 e. The number of benzene rings is 1. The normalized spacial score (nSPS) is 14.1. The van der Waals surface area contributed by atoms with Crippen molar-refractivity contribution in [2.75, 3.05) is 0 Å². The van der Waals surface area contributed by atoms with E-state index >= 15 is 0 Å². The average molecular weight is 248 g/mol. The van der Waals surface area contributed by atoms with Crippen LogP contribution in [0.15, 0.2) is 24.3 Å². The molecular formula is C14H20N2O2. The summed E-state index contributed by atoms with van der Waals surface area (Å²) < 4.78 is 0. The van der Waals surface area contributed by atoms with Crippen LogP contribution < -0.4 is 11.1 Å². The first-order chi connectivity index (χ1) is 8.27. The molecule has 0 aromatic heterocycles. The van der Waals surface area contributed by atoms with Gasteiger partial charge in [-0.25, -0.2) is 0 Å². The van der Waals surface area contributed by atoms with Gasteiger partial charge >= 0.3 is 0 Å². The Balaban J connectivity index is 2.92. The Morgan fingerprint density at radius 3 is 2.11 bits per heavy atom. The summed E-state index contributed by atoms with van der Waals surface area (Å²) in [7, 11) is 0. The highest BCUT2D eigenvalue weighted by Crippen LogP contribution is 2.17. The van der Waals surface area contributed by atoms with Crippen molar-refractivity contribution in [1.29, 1.82) is 0 Å². The first-order valence-corrected chi connectivity index (χ1v) is 5.96. The Kier molecular flexibility index (Phi) is 4.11. The van der Waals surface area contributed by atoms with E-state index < -0.39 is 11.4 Å². The molecule has 0 fully saturated rings. The highest BCUT2D eigenvalue weighted by atomic mass is 16.2. The van der Waals surface area contributed by atoms with Crippen LogP contribution in [0.4, 0.5) is 0 Å². The molecule has 0 saturated carbocycles. The number of amides is 2. The van der Waals surface area contributed by atoms with Crippen molar-refractivity contribution >= 4 is 11.8 Å². The Bertz CT molecular complexity index is 451. The summed E-state index contributed by atoms with van der Waals surface area (Å²) in [5.41, 5.74) is 5.93. The van der Waals surface area contributed by atoms with Crippen molar-refractivity contribution in [2.45, 2.75) is 33.2 Å². The molecule has 0 heterocycles. The van der Waals surface area contributed by atoms with E-state index in [0.717, 1.165) is 5.56 Å². The van der Waals surface area contributed by atoms with Gasteiger partial charge in [-0.1, -0.05) is 31.5 Å². The molecule has 0 radical (unpaired) electrons. The lowest BCUT2D eigenvalue weighted by Gasteiger charge is -2.31. The summed E-state index contributed by atoms with van der Waals surface area (Å²) in [4.78, 5) is 23.6. The molecule has 1 unspecified atom stereocenters. The molecule has 18 heavy (non-hydrogen) atoms. The van der Waals surface area contributed by atoms with Gasteiger partial charge in [-0.2, -0.15) is 0 Å². The maximum Gasteiger partial charge on any atom is 0.252 e. The van der Waals surface area contributed by atoms with Gasteiger partial charge in [0.1, 0.15) is 5.54 Å². The lowest BCUT2D eigenvalue weighted by atomic mass is 9.87. The Labute approximate surface area is 108 Å². The maximum atomic E-state index is 12.1. The van der Waals surface area contributed by atoms with Gasteiger partial charge in [0.05, 0.1) is 0 Å². The smallest absolute Gasteiger partial charge is 0.252 e. The second kappa shape index (κ2) is 5.21. The van der Waals surface area contributed by atoms with Crippen LogP contribution in [0.3, 0.4) is 0 Å². The van der Waals surface area contributed by atoms with Crippen molar-refractivity contribution in [1.82, 2.24) is 5.32 Å². The predicted molar refractivity (Wildman–Crippen MR) is 71.1 cm³/mol. The van der Waals surface area contributed by atoms with E-state index in [1.165, 1.54) is 0 Å². The lowest BCUT2D eigenvalue weighted by molar-refractivity contribution is -0.125. The minimum atomic E-state index is -1.04. The number of aryl methyl sites for hydroxylation is 1. The average Bonchev–Trinajstić information content (AvgIpc) is 2.29. The van der Waals surface area contributed by atoms with Crippen molar-refractivity contribution in [3.05, 3.63) is 35.4 Å². The molecule has 0 saturated heterocycles. The van der Waals surface area contributed by atoms with Crippen molar-refractivity contribution < 1.29 is 9.59 Å². The van der Waals surface area contributed by atoms with E-state index in [-0.39, 0.29) is 11.8 Å². The summed E-state index contributed by atoms with van der Waals surface area (Å²) in [5, 5.41) is 2.71. The van der Waals surface area contributed by atoms with Gasteiger partial charge in [0.15, 0.2) is 0 Å². The van der Waals surface area contributed by atoms with Gasteiger partial charge in [-0.05, 0) is 31.9 Å². The standard InChI is InChI=1S/C14H20N2O2/c1-9(2)14(4,13(15)18)16-12(17)11-7-5-10(3)6-8-11/h5-9H,1-4H3,(H2,15,18)(H,16,17). The summed E-state index contributed by atoms with van der Waals surface area (Å²) in [5.74, 6) is -0.896. The van der Waals surface area contributed by atoms with Crippen molar-refractivity contribution in [2.24, 2.45) is 11.7 Å². The van der Waals surface area contributed by atoms with Crippen LogP contribution in [0.1, 0.15) is 36.7 Å². The highest BCUT2D eigenvalue weighted by Gasteiger charge is 2.36. The zero-order valence-electron chi connectivity index (χ0n) is 11.3. The minimum absolute atomic E-state index is 0.0793. The number of rotatable bonds is 4. The molecule has 1 aromatic carbocycles. The number of carbonyl (C=O) groups excluding carboxylic acids is 2. The Morgan fingerprint density at radius 1 is 1.22 bits per heavy atom. The van der Waals surface area contributed by atoms with E-state index in [1.54, 1.807) is 19.1 Å². The number of carbonyl (C=O) groups is 2. The molecule has 2 amide bonds. The number of hydrogen-bond acceptors (Lipinski definition) is 2. The van der Waals surface area contributed by atoms with E-state index in [0.29, 0.717) is 5.56 Å². The molecule has 1 aromatic rings. The quantitative estimate of drug-likeness (QED) is 0.850. The molecule has 0 bridgehead atoms. The van der Waals surface area contributed by atoms with Gasteiger partial charge in [0.2, 0.25) is 5.91 Å². The third kappa shape index (κ3) is 2.88. The first kappa shape index (κ1) is 14.2. The second-order valence-electron chi connectivity index (χ2n) is 5.04. The number of primary amides is 1. The summed E-state index contributed by atoms with van der Waals surface area (Å²) in [6.07, 6.45) is 0. The van der Waals surface area contributed by atoms with Crippen LogP contribution in [-0.4, -0.2) is 17.4 Å². The molecule has 0 aliphatic heterocycles. The first-order valence-electron chi connectivity index (χ1n) is 5.96. The number of nitrogens with two attached hydrogens (primary N) is 1. The second-order valence-corrected chi connectivity index (χ2v) is 5.04. The summed E-state index contributed by atoms with van der Waals surface area (Å²) in [6, 6.07) is 7.16. The molecule has 1 rings (SSSR count). The van der Waals surface area contributed by atoms with Crippen LogP contribution in [0.5, 0.6) is 0 Å². The van der Waals surface area contributed by atoms with Gasteiger partial charge in [-0.15, -0.1) is 0 Å². The van der Waals surface area contributed by atoms with Gasteiger partial charge < -0.3 is 11.1 Å². The fraction of sp³-hybridized carbons (Fsp3) is 0.429. The highest BCUT2D eigenvalue weighted by molar-refractivity contribution is 5.98. The lowest BCUT2D eigenvalue weighted by Crippen LogP contribution is -2.58. The molecule has 1 atom stereocenters. The van der Waals surface area contributed by atoms with Crippen LogP contribution in [0.2, 0.25) is 0 Å². The molecule has 4 nitrogen and oxygen atoms in total. The van der Waals surface area contributed by atoms with Crippen LogP contribution in [-0.2, 0) is 4.79 Å². The zero-order chi connectivity index (χ0) is 13.9. The van der Waals surface area contributed by atoms with Gasteiger partial charge in [0.25, 0.3) is 5.91 Å². The topological polar surface area (TPSA) is 72.2 Å². The fourth-order valence-corrected chi connectivity index (χ4v) is 1.50. The van der Waals surface area contributed by atoms with Crippen molar-refractivity contribution in [3.63, 3.8) is 0 Å². The monoisotopic (exact) mass is 248 g/mol. The molecule has 0 aliphatic carbocycles. The van der Waals surface area contributed by atoms with Crippen LogP contribution in [0, 0.1) is 12.8 Å². The Hall–Kier alpha value is -1.84. The Morgan fingerprint density at radius 2 is 1.72 bits per heavy atom. The molecule has 0 spiro atoms. The molecular weight excluding hydrogens is 228 g/mol. The molecule has 98 valence electrons. The summed E-state index contributed by atoms with van der Waals surface area (Å²) >= 11 is 0. The van der Waals surface area contributed by atoms with E-state index in [2.05, 4.69) is 5.32 Å². The van der Waals surface area contributed by atoms with Crippen molar-refractivity contribution in [3.8, 4) is 0 Å². The zero-order valence-corrected chi connectivity index (χ0v) is 11.3. The van der Waals surface area contributed by atoms with E-state index in [4.69, 9.17) is 5.73 Å². The maximum absolute atomic E-state index is 12.1. The van der Waals surface area contributed by atoms with Crippen LogP contribution >= 0.6 is 0 Å². The summed E-state index contributed by atoms with van der Waals surface area (Å²) in [6.45, 7) is 7.29. The molecule has 3 N–H and O–H groups in total. The predicted octanol–water partition coefficient (Wildman–Crippen LogP) is 1.62. The van der Waals surface area contributed by atoms with Crippen LogP contribution in [0.25, 0.3) is 0 Å². The van der Waals surface area contributed by atoms with E-state index in [9.17, 15) is 9.59 Å². The van der Waals surface area contributed by atoms with E-state index in [1.807, 2.05) is 32.9 Å². The van der Waals surface area contributed by atoms with Gasteiger partial charge in [-0.3, -0.25) is 9.59 Å². The SMILES string of the molecule is Cc1ccc(C(=O)NC(C)(C(N)=O)C(C)C)cc1. The third-order valence-corrected chi connectivity index (χ3v) is 3.35. The fourth-order valence-electron chi connectivity index (χ4n) is 1.50. The third-order valence-electron chi connectivity index (χ3n) is 3.35. The largest absolute Gasteiger partial charge is 0.368 e. The number of nitrogens with one attached hydrogen (secondary N) is 1.